The van der Waals surface area contributed by atoms with Gasteiger partial charge in [0.25, 0.3) is 10.0 Å². The highest BCUT2D eigenvalue weighted by molar-refractivity contribution is 7.90. The molecule has 0 saturated heterocycles. The standard InChI is InChI=1S/C9H11NO3S/c1-3-14(12,13)10-8-4-5-9(11)7(2)6-8/h4-6H,3H2,1-2H3/b10-8-. The zero-order chi connectivity index (χ0) is 10.8. The number of hydrogen-bond donors (Lipinski definition) is 0. The van der Waals surface area contributed by atoms with E-state index in [0.717, 1.165) is 0 Å². The van der Waals surface area contributed by atoms with Crippen molar-refractivity contribution in [3.8, 4) is 0 Å². The van der Waals surface area contributed by atoms with E-state index in [-0.39, 0.29) is 11.5 Å². The number of carbonyl (C=O) groups is 1. The molecule has 5 heteroatoms. The highest BCUT2D eigenvalue weighted by Gasteiger charge is 2.10. The molecule has 0 aliphatic heterocycles. The summed E-state index contributed by atoms with van der Waals surface area (Å²) >= 11 is 0. The van der Waals surface area contributed by atoms with Gasteiger partial charge in [0.2, 0.25) is 0 Å². The lowest BCUT2D eigenvalue weighted by Gasteiger charge is -2.02. The fourth-order valence-corrected chi connectivity index (χ4v) is 1.48. The lowest BCUT2D eigenvalue weighted by Crippen LogP contribution is -2.08. The van der Waals surface area contributed by atoms with Gasteiger partial charge in [0.15, 0.2) is 5.78 Å². The average Bonchev–Trinajstić information content (AvgIpc) is 2.11. The van der Waals surface area contributed by atoms with Gasteiger partial charge in [-0.2, -0.15) is 4.40 Å². The lowest BCUT2D eigenvalue weighted by molar-refractivity contribution is -0.111. The van der Waals surface area contributed by atoms with Crippen molar-refractivity contribution in [2.45, 2.75) is 13.8 Å². The van der Waals surface area contributed by atoms with Crippen LogP contribution in [-0.4, -0.2) is 25.7 Å². The molecule has 0 bridgehead atoms. The summed E-state index contributed by atoms with van der Waals surface area (Å²) in [5.41, 5.74) is 0.807. The Morgan fingerprint density at radius 2 is 2.00 bits per heavy atom. The molecule has 0 amide bonds. The molecule has 0 atom stereocenters. The van der Waals surface area contributed by atoms with Crippen LogP contribution >= 0.6 is 0 Å². The molecule has 1 aliphatic rings. The molecule has 76 valence electrons. The minimum atomic E-state index is -3.38. The van der Waals surface area contributed by atoms with Gasteiger partial charge < -0.3 is 0 Å². The number of carbonyl (C=O) groups excluding carboxylic acids is 1. The minimum Gasteiger partial charge on any atom is -0.290 e. The summed E-state index contributed by atoms with van der Waals surface area (Å²) in [6.45, 7) is 3.15. The first kappa shape index (κ1) is 10.8. The van der Waals surface area contributed by atoms with Crippen LogP contribution < -0.4 is 0 Å². The topological polar surface area (TPSA) is 63.6 Å². The van der Waals surface area contributed by atoms with Crippen LogP contribution in [0.25, 0.3) is 0 Å². The van der Waals surface area contributed by atoms with E-state index in [0.29, 0.717) is 11.3 Å². The molecule has 0 aromatic rings. The Hall–Kier alpha value is -1.23. The first-order valence-electron chi connectivity index (χ1n) is 4.18. The van der Waals surface area contributed by atoms with Crippen LogP contribution in [0, 0.1) is 0 Å². The van der Waals surface area contributed by atoms with Crippen LogP contribution in [-0.2, 0) is 14.8 Å². The Labute approximate surface area is 83.1 Å². The maximum absolute atomic E-state index is 11.1. The quantitative estimate of drug-likeness (QED) is 0.639. The summed E-state index contributed by atoms with van der Waals surface area (Å²) < 4.78 is 25.8. The Morgan fingerprint density at radius 1 is 1.36 bits per heavy atom. The summed E-state index contributed by atoms with van der Waals surface area (Å²) in [7, 11) is -3.38. The average molecular weight is 213 g/mol. The smallest absolute Gasteiger partial charge is 0.253 e. The van der Waals surface area contributed by atoms with Crippen LogP contribution in [0.4, 0.5) is 0 Å². The van der Waals surface area contributed by atoms with Crippen molar-refractivity contribution in [3.05, 3.63) is 23.8 Å². The Balaban J connectivity index is 3.04. The maximum atomic E-state index is 11.1. The zero-order valence-electron chi connectivity index (χ0n) is 8.02. The first-order valence-corrected chi connectivity index (χ1v) is 5.79. The number of allylic oxidation sites excluding steroid dienone is 4. The van der Waals surface area contributed by atoms with Crippen LogP contribution in [0.5, 0.6) is 0 Å². The summed E-state index contributed by atoms with van der Waals surface area (Å²) in [5, 5.41) is 0. The van der Waals surface area contributed by atoms with Gasteiger partial charge in [-0.15, -0.1) is 0 Å². The number of rotatable bonds is 2. The van der Waals surface area contributed by atoms with E-state index in [1.807, 2.05) is 0 Å². The van der Waals surface area contributed by atoms with Crippen molar-refractivity contribution >= 4 is 21.5 Å². The molecule has 1 rings (SSSR count). The molecule has 0 radical (unpaired) electrons. The molecule has 14 heavy (non-hydrogen) atoms. The second-order valence-electron chi connectivity index (χ2n) is 2.91. The van der Waals surface area contributed by atoms with E-state index in [9.17, 15) is 13.2 Å². The van der Waals surface area contributed by atoms with Crippen molar-refractivity contribution < 1.29 is 13.2 Å². The largest absolute Gasteiger partial charge is 0.290 e. The molecule has 0 aromatic heterocycles. The highest BCUT2D eigenvalue weighted by atomic mass is 32.2. The van der Waals surface area contributed by atoms with Gasteiger partial charge in [-0.05, 0) is 37.6 Å². The van der Waals surface area contributed by atoms with Crippen molar-refractivity contribution in [3.63, 3.8) is 0 Å². The summed E-state index contributed by atoms with van der Waals surface area (Å²) in [5.74, 6) is -0.150. The minimum absolute atomic E-state index is 0.0365. The SMILES string of the molecule is CCS(=O)(=O)/N=C1/C=CC(=O)C(C)=C1. The monoisotopic (exact) mass is 213 g/mol. The van der Waals surface area contributed by atoms with Gasteiger partial charge in [-0.1, -0.05) is 0 Å². The van der Waals surface area contributed by atoms with Gasteiger partial charge in [-0.3, -0.25) is 4.79 Å². The molecule has 0 spiro atoms. The fourth-order valence-electron chi connectivity index (χ4n) is 0.916. The van der Waals surface area contributed by atoms with Crippen LogP contribution in [0.1, 0.15) is 13.8 Å². The van der Waals surface area contributed by atoms with Gasteiger partial charge >= 0.3 is 0 Å². The van der Waals surface area contributed by atoms with Crippen LogP contribution in [0.15, 0.2) is 28.2 Å². The van der Waals surface area contributed by atoms with Crippen molar-refractivity contribution in [2.75, 3.05) is 5.75 Å². The summed E-state index contributed by atoms with van der Waals surface area (Å²) in [6, 6.07) is 0. The van der Waals surface area contributed by atoms with Crippen molar-refractivity contribution in [1.29, 1.82) is 0 Å². The molecule has 0 heterocycles. The summed E-state index contributed by atoms with van der Waals surface area (Å²) in [4.78, 5) is 11.0. The van der Waals surface area contributed by atoms with E-state index in [1.54, 1.807) is 6.92 Å². The second kappa shape index (κ2) is 3.88. The number of sulfonamides is 1. The first-order chi connectivity index (χ1) is 6.44. The van der Waals surface area contributed by atoms with E-state index in [1.165, 1.54) is 25.2 Å². The Morgan fingerprint density at radius 3 is 2.50 bits per heavy atom. The summed E-state index contributed by atoms with van der Waals surface area (Å²) in [6.07, 6.45) is 4.19. The van der Waals surface area contributed by atoms with E-state index in [2.05, 4.69) is 4.40 Å². The highest BCUT2D eigenvalue weighted by Crippen LogP contribution is 2.06. The van der Waals surface area contributed by atoms with Crippen LogP contribution in [0.2, 0.25) is 0 Å². The molecule has 0 aromatic carbocycles. The molecule has 1 aliphatic carbocycles. The third-order valence-electron chi connectivity index (χ3n) is 1.77. The van der Waals surface area contributed by atoms with Gasteiger partial charge in [0, 0.05) is 0 Å². The number of nitrogens with zero attached hydrogens (tertiary/aromatic N) is 1. The third kappa shape index (κ3) is 2.63. The van der Waals surface area contributed by atoms with Gasteiger partial charge in [-0.25, -0.2) is 8.42 Å². The second-order valence-corrected chi connectivity index (χ2v) is 4.84. The predicted molar refractivity (Wildman–Crippen MR) is 54.8 cm³/mol. The van der Waals surface area contributed by atoms with Crippen molar-refractivity contribution in [2.24, 2.45) is 4.40 Å². The molecular formula is C9H11NO3S. The Kier molecular flexibility index (Phi) is 3.00. The molecular weight excluding hydrogens is 202 g/mol. The zero-order valence-corrected chi connectivity index (χ0v) is 8.84. The molecule has 0 unspecified atom stereocenters. The van der Waals surface area contributed by atoms with Gasteiger partial charge in [0.05, 0.1) is 11.5 Å². The maximum Gasteiger partial charge on any atom is 0.253 e. The number of ketones is 1. The predicted octanol–water partition coefficient (Wildman–Crippen LogP) is 0.862. The van der Waals surface area contributed by atoms with E-state index < -0.39 is 10.0 Å². The van der Waals surface area contributed by atoms with E-state index >= 15 is 0 Å². The third-order valence-corrected chi connectivity index (χ3v) is 2.99. The van der Waals surface area contributed by atoms with E-state index in [4.69, 9.17) is 0 Å². The van der Waals surface area contributed by atoms with Crippen molar-refractivity contribution in [1.82, 2.24) is 0 Å². The Bertz CT molecular complexity index is 441. The molecule has 4 nitrogen and oxygen atoms in total. The number of hydrogen-bond acceptors (Lipinski definition) is 3. The van der Waals surface area contributed by atoms with Crippen LogP contribution in [0.3, 0.4) is 0 Å². The normalized spacial score (nSPS) is 20.0. The molecule has 0 fully saturated rings. The van der Waals surface area contributed by atoms with Gasteiger partial charge in [0.1, 0.15) is 0 Å². The fraction of sp³-hybridized carbons (Fsp3) is 0.333. The lowest BCUT2D eigenvalue weighted by atomic mass is 10.1. The molecule has 0 N–H and O–H groups in total. The molecule has 0 saturated carbocycles.